The van der Waals surface area contributed by atoms with E-state index >= 15 is 0 Å². The molecule has 112 valence electrons. The topological polar surface area (TPSA) is 57.4 Å². The Hall–Kier alpha value is -1.91. The maximum absolute atomic E-state index is 5.62. The Kier molecular flexibility index (Phi) is 6.71. The zero-order valence-corrected chi connectivity index (χ0v) is 12.2. The van der Waals surface area contributed by atoms with Crippen LogP contribution < -0.4 is 10.5 Å². The first-order valence-corrected chi connectivity index (χ1v) is 7.28. The average molecular weight is 286 g/mol. The van der Waals surface area contributed by atoms with Gasteiger partial charge in [-0.05, 0) is 42.8 Å². The van der Waals surface area contributed by atoms with Crippen LogP contribution in [-0.4, -0.2) is 31.3 Å². The smallest absolute Gasteiger partial charge is 0.119 e. The van der Waals surface area contributed by atoms with Crippen LogP contribution in [-0.2, 0) is 17.6 Å². The highest BCUT2D eigenvalue weighted by atomic mass is 16.5. The maximum atomic E-state index is 5.62. The molecule has 0 aliphatic rings. The molecule has 0 radical (unpaired) electrons. The molecule has 0 unspecified atom stereocenters. The fraction of sp³-hybridized carbons (Fsp3) is 0.353. The molecular formula is C17H22N2O2. The molecule has 0 saturated carbocycles. The van der Waals surface area contributed by atoms with Crippen molar-refractivity contribution in [1.82, 2.24) is 4.98 Å². The van der Waals surface area contributed by atoms with Gasteiger partial charge in [0.2, 0.25) is 0 Å². The minimum atomic E-state index is 0.554. The Morgan fingerprint density at radius 2 is 1.76 bits per heavy atom. The average Bonchev–Trinajstić information content (AvgIpc) is 2.53. The number of benzene rings is 1. The Morgan fingerprint density at radius 3 is 2.48 bits per heavy atom. The van der Waals surface area contributed by atoms with Crippen molar-refractivity contribution in [2.75, 3.05) is 26.4 Å². The predicted molar refractivity (Wildman–Crippen MR) is 83.5 cm³/mol. The Balaban J connectivity index is 1.57. The summed E-state index contributed by atoms with van der Waals surface area (Å²) in [5, 5.41) is 0. The third-order valence-electron chi connectivity index (χ3n) is 3.08. The first-order chi connectivity index (χ1) is 10.4. The molecule has 4 nitrogen and oxygen atoms in total. The van der Waals surface area contributed by atoms with E-state index in [2.05, 4.69) is 4.98 Å². The fourth-order valence-corrected chi connectivity index (χ4v) is 1.96. The number of rotatable bonds is 9. The van der Waals surface area contributed by atoms with Gasteiger partial charge in [0.1, 0.15) is 12.4 Å². The monoisotopic (exact) mass is 286 g/mol. The molecule has 0 fully saturated rings. The van der Waals surface area contributed by atoms with E-state index in [9.17, 15) is 0 Å². The van der Waals surface area contributed by atoms with Gasteiger partial charge in [-0.2, -0.15) is 0 Å². The Morgan fingerprint density at radius 1 is 0.905 bits per heavy atom. The molecule has 1 heterocycles. The molecule has 4 heteroatoms. The summed E-state index contributed by atoms with van der Waals surface area (Å²) in [7, 11) is 0. The minimum absolute atomic E-state index is 0.554. The van der Waals surface area contributed by atoms with Crippen molar-refractivity contribution in [2.45, 2.75) is 12.8 Å². The minimum Gasteiger partial charge on any atom is -0.491 e. The number of hydrogen-bond donors (Lipinski definition) is 1. The lowest BCUT2D eigenvalue weighted by Crippen LogP contribution is -2.09. The molecule has 0 spiro atoms. The number of aromatic nitrogens is 1. The molecule has 1 aromatic heterocycles. The van der Waals surface area contributed by atoms with Crippen molar-refractivity contribution in [3.63, 3.8) is 0 Å². The van der Waals surface area contributed by atoms with E-state index in [1.54, 1.807) is 6.20 Å². The second-order valence-corrected chi connectivity index (χ2v) is 4.71. The van der Waals surface area contributed by atoms with E-state index in [-0.39, 0.29) is 0 Å². The van der Waals surface area contributed by atoms with Gasteiger partial charge in [0.25, 0.3) is 0 Å². The quantitative estimate of drug-likeness (QED) is 0.718. The van der Waals surface area contributed by atoms with Crippen molar-refractivity contribution >= 4 is 0 Å². The van der Waals surface area contributed by atoms with Gasteiger partial charge in [0.05, 0.1) is 13.2 Å². The van der Waals surface area contributed by atoms with E-state index in [1.165, 1.54) is 5.56 Å². The van der Waals surface area contributed by atoms with Gasteiger partial charge in [-0.15, -0.1) is 0 Å². The van der Waals surface area contributed by atoms with Crippen LogP contribution in [0.3, 0.4) is 0 Å². The number of hydrogen-bond acceptors (Lipinski definition) is 4. The van der Waals surface area contributed by atoms with E-state index in [1.807, 2.05) is 42.5 Å². The van der Waals surface area contributed by atoms with Crippen LogP contribution >= 0.6 is 0 Å². The highest BCUT2D eigenvalue weighted by Crippen LogP contribution is 2.12. The molecule has 21 heavy (non-hydrogen) atoms. The normalized spacial score (nSPS) is 10.5. The zero-order chi connectivity index (χ0) is 14.8. The predicted octanol–water partition coefficient (Wildman–Crippen LogP) is 2.22. The SMILES string of the molecule is NCCc1ccc(OCCOCCc2ccccn2)cc1. The first-order valence-electron chi connectivity index (χ1n) is 7.28. The molecular weight excluding hydrogens is 264 g/mol. The summed E-state index contributed by atoms with van der Waals surface area (Å²) >= 11 is 0. The van der Waals surface area contributed by atoms with Crippen LogP contribution in [0.25, 0.3) is 0 Å². The van der Waals surface area contributed by atoms with Crippen molar-refractivity contribution in [3.8, 4) is 5.75 Å². The molecule has 2 aromatic rings. The van der Waals surface area contributed by atoms with Crippen LogP contribution in [0.2, 0.25) is 0 Å². The molecule has 0 aliphatic heterocycles. The van der Waals surface area contributed by atoms with Crippen LogP contribution in [0.4, 0.5) is 0 Å². The van der Waals surface area contributed by atoms with Gasteiger partial charge >= 0.3 is 0 Å². The van der Waals surface area contributed by atoms with Crippen LogP contribution in [0, 0.1) is 0 Å². The fourth-order valence-electron chi connectivity index (χ4n) is 1.96. The third kappa shape index (κ3) is 5.94. The summed E-state index contributed by atoms with van der Waals surface area (Å²) in [6.07, 6.45) is 3.53. The van der Waals surface area contributed by atoms with E-state index in [4.69, 9.17) is 15.2 Å². The van der Waals surface area contributed by atoms with Crippen LogP contribution in [0.15, 0.2) is 48.7 Å². The second kappa shape index (κ2) is 9.10. The maximum Gasteiger partial charge on any atom is 0.119 e. The summed E-state index contributed by atoms with van der Waals surface area (Å²) in [4.78, 5) is 4.25. The van der Waals surface area contributed by atoms with Gasteiger partial charge in [0, 0.05) is 18.3 Å². The Bertz CT molecular complexity index is 500. The highest BCUT2D eigenvalue weighted by molar-refractivity contribution is 5.27. The number of nitrogens with two attached hydrogens (primary N) is 1. The lowest BCUT2D eigenvalue weighted by atomic mass is 10.1. The summed E-state index contributed by atoms with van der Waals surface area (Å²) < 4.78 is 11.2. The summed E-state index contributed by atoms with van der Waals surface area (Å²) in [6, 6.07) is 13.9. The van der Waals surface area contributed by atoms with Gasteiger partial charge in [-0.3, -0.25) is 4.98 Å². The van der Waals surface area contributed by atoms with Gasteiger partial charge in [0.15, 0.2) is 0 Å². The first kappa shape index (κ1) is 15.5. The molecule has 0 aliphatic carbocycles. The number of nitrogens with zero attached hydrogens (tertiary/aromatic N) is 1. The van der Waals surface area contributed by atoms with E-state index in [0.29, 0.717) is 26.4 Å². The largest absolute Gasteiger partial charge is 0.491 e. The molecule has 0 saturated heterocycles. The molecule has 0 atom stereocenters. The lowest BCUT2D eigenvalue weighted by molar-refractivity contribution is 0.102. The van der Waals surface area contributed by atoms with Crippen molar-refractivity contribution in [3.05, 3.63) is 59.9 Å². The van der Waals surface area contributed by atoms with Crippen molar-refractivity contribution < 1.29 is 9.47 Å². The van der Waals surface area contributed by atoms with Gasteiger partial charge < -0.3 is 15.2 Å². The number of ether oxygens (including phenoxy) is 2. The molecule has 2 rings (SSSR count). The second-order valence-electron chi connectivity index (χ2n) is 4.71. The van der Waals surface area contributed by atoms with Crippen LogP contribution in [0.1, 0.15) is 11.3 Å². The Labute approximate surface area is 125 Å². The van der Waals surface area contributed by atoms with Crippen molar-refractivity contribution in [2.24, 2.45) is 5.73 Å². The number of pyridine rings is 1. The summed E-state index contributed by atoms with van der Waals surface area (Å²) in [5.41, 5.74) is 7.80. The third-order valence-corrected chi connectivity index (χ3v) is 3.08. The lowest BCUT2D eigenvalue weighted by Gasteiger charge is -2.08. The summed E-state index contributed by atoms with van der Waals surface area (Å²) in [6.45, 7) is 2.47. The summed E-state index contributed by atoms with van der Waals surface area (Å²) in [5.74, 6) is 0.865. The standard InChI is InChI=1S/C17H22N2O2/c18-10-8-15-4-6-17(7-5-15)21-14-13-20-12-9-16-3-1-2-11-19-16/h1-7,11H,8-10,12-14,18H2. The van der Waals surface area contributed by atoms with E-state index < -0.39 is 0 Å². The highest BCUT2D eigenvalue weighted by Gasteiger charge is 1.97. The van der Waals surface area contributed by atoms with Crippen LogP contribution in [0.5, 0.6) is 5.75 Å². The van der Waals surface area contributed by atoms with Gasteiger partial charge in [-0.25, -0.2) is 0 Å². The van der Waals surface area contributed by atoms with Crippen molar-refractivity contribution in [1.29, 1.82) is 0 Å². The molecule has 0 bridgehead atoms. The molecule has 0 amide bonds. The zero-order valence-electron chi connectivity index (χ0n) is 12.2. The van der Waals surface area contributed by atoms with E-state index in [0.717, 1.165) is 24.3 Å². The molecule has 1 aromatic carbocycles. The molecule has 2 N–H and O–H groups in total. The van der Waals surface area contributed by atoms with Gasteiger partial charge in [-0.1, -0.05) is 18.2 Å².